The highest BCUT2D eigenvalue weighted by atomic mass is 32.2. The molecule has 0 heterocycles. The minimum atomic E-state index is -3.76. The van der Waals surface area contributed by atoms with Gasteiger partial charge < -0.3 is 0 Å². The van der Waals surface area contributed by atoms with Gasteiger partial charge in [-0.3, -0.25) is 4.72 Å². The van der Waals surface area contributed by atoms with Crippen molar-refractivity contribution in [1.82, 2.24) is 0 Å². The van der Waals surface area contributed by atoms with E-state index in [1.807, 2.05) is 13.8 Å². The van der Waals surface area contributed by atoms with Crippen molar-refractivity contribution in [2.45, 2.75) is 25.2 Å². The highest BCUT2D eigenvalue weighted by molar-refractivity contribution is 7.92. The average molecular weight is 306 g/mol. The van der Waals surface area contributed by atoms with E-state index in [2.05, 4.69) is 4.72 Å². The van der Waals surface area contributed by atoms with Gasteiger partial charge in [0.15, 0.2) is 0 Å². The van der Waals surface area contributed by atoms with Crippen LogP contribution >= 0.6 is 0 Å². The van der Waals surface area contributed by atoms with E-state index in [0.717, 1.165) is 0 Å². The molecule has 8 heteroatoms. The minimum Gasteiger partial charge on any atom is -0.284 e. The predicted molar refractivity (Wildman–Crippen MR) is 74.7 cm³/mol. The maximum atomic E-state index is 11.7. The Bertz CT molecular complexity index is 619. The molecule has 0 aliphatic heterocycles. The molecule has 0 amide bonds. The maximum absolute atomic E-state index is 11.7. The lowest BCUT2D eigenvalue weighted by Crippen LogP contribution is -2.18. The Hall–Kier alpha value is -1.12. The zero-order valence-corrected chi connectivity index (χ0v) is 12.5. The number of hydrogen-bond acceptors (Lipinski definition) is 4. The van der Waals surface area contributed by atoms with E-state index in [1.165, 1.54) is 24.3 Å². The van der Waals surface area contributed by atoms with Crippen molar-refractivity contribution in [1.29, 1.82) is 0 Å². The molecule has 0 atom stereocenters. The van der Waals surface area contributed by atoms with E-state index in [9.17, 15) is 16.8 Å². The van der Waals surface area contributed by atoms with E-state index in [-0.39, 0.29) is 10.6 Å². The molecule has 1 aromatic carbocycles. The first-order chi connectivity index (χ1) is 8.60. The Morgan fingerprint density at radius 3 is 2.05 bits per heavy atom. The molecule has 6 nitrogen and oxygen atoms in total. The van der Waals surface area contributed by atoms with E-state index in [1.54, 1.807) is 0 Å². The molecular weight excluding hydrogens is 288 g/mol. The van der Waals surface area contributed by atoms with Gasteiger partial charge in [0.05, 0.1) is 10.6 Å². The van der Waals surface area contributed by atoms with Crippen molar-refractivity contribution < 1.29 is 16.8 Å². The van der Waals surface area contributed by atoms with Gasteiger partial charge >= 0.3 is 0 Å². The quantitative estimate of drug-likeness (QED) is 0.821. The standard InChI is InChI=1S/C11H18N2O4S2/c1-9(2)7-8-18(14,15)13-10-3-5-11(6-4-10)19(12,16)17/h3-6,9,13H,7-8H2,1-2H3,(H2,12,16,17). The third-order valence-corrected chi connectivity index (χ3v) is 4.67. The third-order valence-electron chi connectivity index (χ3n) is 2.42. The van der Waals surface area contributed by atoms with Gasteiger partial charge in [-0.25, -0.2) is 22.0 Å². The summed E-state index contributed by atoms with van der Waals surface area (Å²) in [6, 6.07) is 5.25. The number of rotatable bonds is 6. The zero-order chi connectivity index (χ0) is 14.7. The minimum absolute atomic E-state index is 0.0294. The van der Waals surface area contributed by atoms with Crippen LogP contribution in [0.1, 0.15) is 20.3 Å². The highest BCUT2D eigenvalue weighted by Gasteiger charge is 2.12. The fraction of sp³-hybridized carbons (Fsp3) is 0.455. The van der Waals surface area contributed by atoms with Gasteiger partial charge in [-0.05, 0) is 36.6 Å². The summed E-state index contributed by atoms with van der Waals surface area (Å²) in [5, 5.41) is 4.95. The van der Waals surface area contributed by atoms with E-state index in [4.69, 9.17) is 5.14 Å². The summed E-state index contributed by atoms with van der Waals surface area (Å²) >= 11 is 0. The summed E-state index contributed by atoms with van der Waals surface area (Å²) in [7, 11) is -7.17. The number of nitrogens with one attached hydrogen (secondary N) is 1. The fourth-order valence-corrected chi connectivity index (χ4v) is 3.23. The van der Waals surface area contributed by atoms with Crippen LogP contribution in [-0.4, -0.2) is 22.6 Å². The van der Waals surface area contributed by atoms with Crippen LogP contribution in [-0.2, 0) is 20.0 Å². The van der Waals surface area contributed by atoms with Crippen LogP contribution in [0.25, 0.3) is 0 Å². The Labute approximate surface area is 114 Å². The normalized spacial score (nSPS) is 12.6. The number of hydrogen-bond donors (Lipinski definition) is 2. The van der Waals surface area contributed by atoms with Crippen LogP contribution in [0, 0.1) is 5.92 Å². The van der Waals surface area contributed by atoms with Crippen LogP contribution in [0.3, 0.4) is 0 Å². The van der Waals surface area contributed by atoms with Crippen molar-refractivity contribution in [3.8, 4) is 0 Å². The lowest BCUT2D eigenvalue weighted by Gasteiger charge is -2.09. The molecule has 0 aliphatic carbocycles. The van der Waals surface area contributed by atoms with E-state index < -0.39 is 20.0 Å². The first kappa shape index (κ1) is 15.9. The number of benzene rings is 1. The van der Waals surface area contributed by atoms with Crippen LogP contribution in [0.5, 0.6) is 0 Å². The Morgan fingerprint density at radius 1 is 1.11 bits per heavy atom. The number of nitrogens with two attached hydrogens (primary N) is 1. The molecule has 0 aromatic heterocycles. The van der Waals surface area contributed by atoms with Crippen molar-refractivity contribution in [2.75, 3.05) is 10.5 Å². The zero-order valence-electron chi connectivity index (χ0n) is 10.8. The SMILES string of the molecule is CC(C)CCS(=O)(=O)Nc1ccc(S(N)(=O)=O)cc1. The summed E-state index contributed by atoms with van der Waals surface area (Å²) in [4.78, 5) is -0.0578. The summed E-state index contributed by atoms with van der Waals surface area (Å²) in [6.07, 6.45) is 0.560. The monoisotopic (exact) mass is 306 g/mol. The molecule has 0 bridgehead atoms. The van der Waals surface area contributed by atoms with Crippen LogP contribution in [0.4, 0.5) is 5.69 Å². The predicted octanol–water partition coefficient (Wildman–Crippen LogP) is 1.12. The largest absolute Gasteiger partial charge is 0.284 e. The first-order valence-electron chi connectivity index (χ1n) is 5.73. The molecule has 0 saturated heterocycles. The van der Waals surface area contributed by atoms with Gasteiger partial charge in [-0.2, -0.15) is 0 Å². The smallest absolute Gasteiger partial charge is 0.238 e. The van der Waals surface area contributed by atoms with Crippen LogP contribution < -0.4 is 9.86 Å². The molecule has 1 aromatic rings. The van der Waals surface area contributed by atoms with Crippen LogP contribution in [0.15, 0.2) is 29.2 Å². The lowest BCUT2D eigenvalue weighted by molar-refractivity contribution is 0.578. The molecule has 0 radical (unpaired) electrons. The summed E-state index contributed by atoms with van der Waals surface area (Å²) in [5.74, 6) is 0.322. The molecular formula is C11H18N2O4S2. The second-order valence-electron chi connectivity index (χ2n) is 4.67. The van der Waals surface area contributed by atoms with Crippen molar-refractivity contribution >= 4 is 25.7 Å². The number of anilines is 1. The van der Waals surface area contributed by atoms with Gasteiger partial charge in [-0.15, -0.1) is 0 Å². The molecule has 0 saturated carbocycles. The van der Waals surface area contributed by atoms with Crippen molar-refractivity contribution in [2.24, 2.45) is 11.1 Å². The van der Waals surface area contributed by atoms with Gasteiger partial charge in [0.25, 0.3) is 0 Å². The van der Waals surface area contributed by atoms with Crippen molar-refractivity contribution in [3.05, 3.63) is 24.3 Å². The third kappa shape index (κ3) is 5.58. The molecule has 3 N–H and O–H groups in total. The summed E-state index contributed by atoms with van der Waals surface area (Å²) < 4.78 is 47.9. The fourth-order valence-electron chi connectivity index (χ4n) is 1.33. The van der Waals surface area contributed by atoms with Gasteiger partial charge in [0.1, 0.15) is 0 Å². The molecule has 0 aliphatic rings. The first-order valence-corrected chi connectivity index (χ1v) is 8.93. The average Bonchev–Trinajstić information content (AvgIpc) is 2.25. The second kappa shape index (κ2) is 5.89. The molecule has 19 heavy (non-hydrogen) atoms. The Kier molecular flexibility index (Phi) is 4.94. The second-order valence-corrected chi connectivity index (χ2v) is 8.08. The van der Waals surface area contributed by atoms with Crippen LogP contribution in [0.2, 0.25) is 0 Å². The molecule has 1 rings (SSSR count). The lowest BCUT2D eigenvalue weighted by atomic mass is 10.2. The summed E-state index contributed by atoms with van der Waals surface area (Å²) in [5.41, 5.74) is 0.316. The molecule has 0 spiro atoms. The maximum Gasteiger partial charge on any atom is 0.238 e. The topological polar surface area (TPSA) is 106 Å². The van der Waals surface area contributed by atoms with Gasteiger partial charge in [0.2, 0.25) is 20.0 Å². The van der Waals surface area contributed by atoms with E-state index >= 15 is 0 Å². The molecule has 0 fully saturated rings. The van der Waals surface area contributed by atoms with Gasteiger partial charge in [0, 0.05) is 5.69 Å². The molecule has 0 unspecified atom stereocenters. The number of primary sulfonamides is 1. The number of sulfonamides is 2. The van der Waals surface area contributed by atoms with Gasteiger partial charge in [-0.1, -0.05) is 13.8 Å². The van der Waals surface area contributed by atoms with E-state index in [0.29, 0.717) is 18.0 Å². The summed E-state index contributed by atoms with van der Waals surface area (Å²) in [6.45, 7) is 3.88. The van der Waals surface area contributed by atoms with Crippen molar-refractivity contribution in [3.63, 3.8) is 0 Å². The Morgan fingerprint density at radius 2 is 1.63 bits per heavy atom. The Balaban J connectivity index is 2.78. The molecule has 108 valence electrons. The highest BCUT2D eigenvalue weighted by Crippen LogP contribution is 2.15.